The van der Waals surface area contributed by atoms with Crippen molar-refractivity contribution in [1.82, 2.24) is 14.9 Å². The van der Waals surface area contributed by atoms with E-state index in [-0.39, 0.29) is 6.54 Å². The molecule has 5 rings (SSSR count). The maximum atomic E-state index is 12.6. The first-order valence-electron chi connectivity index (χ1n) is 14.1. The van der Waals surface area contributed by atoms with Gasteiger partial charge in [0.25, 0.3) is 5.56 Å². The summed E-state index contributed by atoms with van der Waals surface area (Å²) in [5, 5.41) is 56.6. The smallest absolute Gasteiger partial charge is 0.388 e. The summed E-state index contributed by atoms with van der Waals surface area (Å²) < 4.78 is 50.2. The number of aromatic nitrogens is 2. The van der Waals surface area contributed by atoms with E-state index < -0.39 is 88.7 Å². The van der Waals surface area contributed by atoms with Crippen molar-refractivity contribution in [3.63, 3.8) is 0 Å². The van der Waals surface area contributed by atoms with Crippen LogP contribution in [0, 0.1) is 0 Å². The average molecular weight is 706 g/mol. The zero-order valence-corrected chi connectivity index (χ0v) is 25.9. The van der Waals surface area contributed by atoms with Crippen LogP contribution in [0.1, 0.15) is 11.8 Å². The van der Waals surface area contributed by atoms with Gasteiger partial charge in [0.1, 0.15) is 42.7 Å². The summed E-state index contributed by atoms with van der Waals surface area (Å²) in [6.45, 7) is -0.851. The summed E-state index contributed by atoms with van der Waals surface area (Å²) >= 11 is 0. The van der Waals surface area contributed by atoms with Crippen molar-refractivity contribution in [2.75, 3.05) is 13.2 Å². The molecule has 21 heteroatoms. The molecular weight excluding hydrogens is 672 g/mol. The van der Waals surface area contributed by atoms with Crippen LogP contribution in [0.15, 0.2) is 64.3 Å². The molecule has 3 aromatic rings. The molecule has 1 aromatic heterocycles. The van der Waals surface area contributed by atoms with Gasteiger partial charge < -0.3 is 50.1 Å². The van der Waals surface area contributed by atoms with Crippen LogP contribution in [0.5, 0.6) is 0 Å². The highest BCUT2D eigenvalue weighted by molar-refractivity contribution is 7.61. The lowest BCUT2D eigenvalue weighted by atomic mass is 9.98. The highest BCUT2D eigenvalue weighted by atomic mass is 31.3. The summed E-state index contributed by atoms with van der Waals surface area (Å²) in [6, 6.07) is 14.2. The largest absolute Gasteiger partial charge is 0.483 e. The molecule has 2 aliphatic rings. The summed E-state index contributed by atoms with van der Waals surface area (Å²) in [5.41, 5.74) is -0.828. The number of aliphatic hydroxyl groups is 5. The minimum absolute atomic E-state index is 0.131. The second-order valence-electron chi connectivity index (χ2n) is 10.8. The lowest BCUT2D eigenvalue weighted by molar-refractivity contribution is -0.274. The minimum Gasteiger partial charge on any atom is -0.388 e. The van der Waals surface area contributed by atoms with E-state index in [0.717, 1.165) is 33.2 Å². The van der Waals surface area contributed by atoms with Gasteiger partial charge in [0.05, 0.1) is 6.61 Å². The van der Waals surface area contributed by atoms with Gasteiger partial charge in [-0.05, 0) is 16.3 Å². The molecule has 2 saturated heterocycles. The predicted molar refractivity (Wildman–Crippen MR) is 157 cm³/mol. The summed E-state index contributed by atoms with van der Waals surface area (Å²) in [7, 11) is -11.1. The molecule has 0 bridgehead atoms. The number of nitrogens with one attached hydrogen (secondary N) is 2. The van der Waals surface area contributed by atoms with Crippen LogP contribution < -0.4 is 16.6 Å². The SMILES string of the molecule is O=c1ccn([C@@H]2O[C@H](COP(=O)(O)OP(=O)(O)O[C@H]3O[C@@H](CNCc4cccc5ccccc45)[C@H](O)[C@H](O)[C@@H]3O)[C@@H](O)[C@H]2O)c(=O)[nH]1. The number of nitrogens with zero attached hydrogens (tertiary/aromatic N) is 1. The van der Waals surface area contributed by atoms with Gasteiger partial charge >= 0.3 is 21.3 Å². The molecule has 11 atom stereocenters. The fraction of sp³-hybridized carbons (Fsp3) is 0.462. The molecule has 0 aliphatic carbocycles. The minimum atomic E-state index is -5.62. The van der Waals surface area contributed by atoms with Crippen molar-refractivity contribution in [2.45, 2.75) is 61.8 Å². The van der Waals surface area contributed by atoms with Crippen LogP contribution in [-0.4, -0.2) is 107 Å². The van der Waals surface area contributed by atoms with Crippen molar-refractivity contribution >= 4 is 26.4 Å². The molecular formula is C26H33N3O16P2. The van der Waals surface area contributed by atoms with Gasteiger partial charge in [-0.3, -0.25) is 23.4 Å². The third-order valence-corrected chi connectivity index (χ3v) is 10.1. The highest BCUT2D eigenvalue weighted by Crippen LogP contribution is 2.61. The molecule has 3 heterocycles. The molecule has 0 spiro atoms. The van der Waals surface area contributed by atoms with Crippen molar-refractivity contribution < 1.29 is 67.3 Å². The molecule has 0 radical (unpaired) electrons. The van der Waals surface area contributed by atoms with Gasteiger partial charge in [-0.2, -0.15) is 4.31 Å². The van der Waals surface area contributed by atoms with Crippen molar-refractivity contribution in [1.29, 1.82) is 0 Å². The molecule has 0 amide bonds. The predicted octanol–water partition coefficient (Wildman–Crippen LogP) is -1.84. The first-order chi connectivity index (χ1) is 22.2. The number of phosphoric acid groups is 2. The van der Waals surface area contributed by atoms with Crippen LogP contribution in [-0.2, 0) is 38.5 Å². The number of aromatic amines is 1. The van der Waals surface area contributed by atoms with E-state index in [0.29, 0.717) is 6.54 Å². The Hall–Kier alpha value is -2.68. The Kier molecular flexibility index (Phi) is 10.9. The van der Waals surface area contributed by atoms with Crippen molar-refractivity contribution in [3.05, 3.63) is 81.1 Å². The van der Waals surface area contributed by atoms with E-state index in [2.05, 4.69) is 14.2 Å². The molecule has 2 fully saturated rings. The summed E-state index contributed by atoms with van der Waals surface area (Å²) in [6.07, 6.45) is -14.8. The van der Waals surface area contributed by atoms with E-state index in [1.165, 1.54) is 0 Å². The number of rotatable bonds is 12. The number of hydrogen-bond donors (Lipinski definition) is 9. The topological polar surface area (TPSA) is 289 Å². The first-order valence-corrected chi connectivity index (χ1v) is 17.0. The molecule has 19 nitrogen and oxygen atoms in total. The average Bonchev–Trinajstić information content (AvgIpc) is 3.29. The van der Waals surface area contributed by atoms with Crippen molar-refractivity contribution in [3.8, 4) is 0 Å². The second-order valence-corrected chi connectivity index (χ2v) is 13.8. The lowest BCUT2D eigenvalue weighted by Gasteiger charge is -2.40. The van der Waals surface area contributed by atoms with Crippen LogP contribution in [0.2, 0.25) is 0 Å². The van der Waals surface area contributed by atoms with Gasteiger partial charge in [-0.1, -0.05) is 42.5 Å². The normalized spacial score (nSPS) is 32.2. The zero-order valence-electron chi connectivity index (χ0n) is 24.2. The number of fused-ring (bicyclic) bond motifs is 1. The molecule has 258 valence electrons. The van der Waals surface area contributed by atoms with E-state index in [1.54, 1.807) is 0 Å². The van der Waals surface area contributed by atoms with Gasteiger partial charge in [-0.25, -0.2) is 13.9 Å². The second kappa shape index (κ2) is 14.4. The van der Waals surface area contributed by atoms with Gasteiger partial charge in [0.2, 0.25) is 0 Å². The first kappa shape index (κ1) is 35.6. The Morgan fingerprint density at radius 3 is 2.28 bits per heavy atom. The Morgan fingerprint density at radius 2 is 1.53 bits per heavy atom. The molecule has 0 saturated carbocycles. The molecule has 2 unspecified atom stereocenters. The fourth-order valence-corrected chi connectivity index (χ4v) is 7.32. The number of ether oxygens (including phenoxy) is 2. The van der Waals surface area contributed by atoms with E-state index in [1.807, 2.05) is 47.4 Å². The third-order valence-electron chi connectivity index (χ3n) is 7.52. The Balaban J connectivity index is 1.16. The van der Waals surface area contributed by atoms with E-state index in [4.69, 9.17) is 14.0 Å². The number of phosphoric ester groups is 2. The van der Waals surface area contributed by atoms with Gasteiger partial charge in [0.15, 0.2) is 12.5 Å². The summed E-state index contributed by atoms with van der Waals surface area (Å²) in [5.74, 6) is 0. The maximum absolute atomic E-state index is 12.6. The monoisotopic (exact) mass is 705 g/mol. The molecule has 47 heavy (non-hydrogen) atoms. The highest BCUT2D eigenvalue weighted by Gasteiger charge is 2.49. The standard InChI is InChI=1S/C26H33N3O16P2/c30-18-8-9-29(26(36)28-18)24-22(34)20(32)17(42-24)12-41-46(37,38)45-47(39,40)44-25-23(35)21(33)19(31)16(43-25)11-27-10-14-6-3-5-13-4-1-2-7-15(13)14/h1-9,16-17,19-25,27,31-35H,10-12H2,(H,37,38)(H,39,40)(H,28,30,36)/t16-,17+,19-,20+,21-,22+,23-,24+,25+/m0/s1. The van der Waals surface area contributed by atoms with Crippen LogP contribution in [0.3, 0.4) is 0 Å². The quantitative estimate of drug-likeness (QED) is 0.0936. The molecule has 2 aromatic carbocycles. The van der Waals surface area contributed by atoms with Gasteiger partial charge in [0, 0.05) is 25.4 Å². The van der Waals surface area contributed by atoms with Crippen molar-refractivity contribution in [2.24, 2.45) is 0 Å². The Labute approximate surface area is 264 Å². The Bertz CT molecular complexity index is 1770. The Morgan fingerprint density at radius 1 is 0.830 bits per heavy atom. The number of aliphatic hydroxyl groups excluding tert-OH is 5. The fourth-order valence-electron chi connectivity index (χ4n) is 5.16. The maximum Gasteiger partial charge on any atom is 0.483 e. The summed E-state index contributed by atoms with van der Waals surface area (Å²) in [4.78, 5) is 45.5. The zero-order chi connectivity index (χ0) is 34.1. The number of benzene rings is 2. The number of hydrogen-bond acceptors (Lipinski definition) is 15. The molecule has 9 N–H and O–H groups in total. The van der Waals surface area contributed by atoms with E-state index >= 15 is 0 Å². The number of H-pyrrole nitrogens is 1. The van der Waals surface area contributed by atoms with Gasteiger partial charge in [-0.15, -0.1) is 0 Å². The van der Waals surface area contributed by atoms with E-state index in [9.17, 15) is 54.0 Å². The van der Waals surface area contributed by atoms with Crippen LogP contribution >= 0.6 is 15.6 Å². The van der Waals surface area contributed by atoms with Crippen LogP contribution in [0.25, 0.3) is 10.8 Å². The van der Waals surface area contributed by atoms with Crippen LogP contribution in [0.4, 0.5) is 0 Å². The molecule has 2 aliphatic heterocycles. The third kappa shape index (κ3) is 8.31. The lowest BCUT2D eigenvalue weighted by Crippen LogP contribution is -2.60.